The van der Waals surface area contributed by atoms with Gasteiger partial charge in [-0.3, -0.25) is 0 Å². The molecule has 0 fully saturated rings. The first-order valence-corrected chi connectivity index (χ1v) is 3.56. The standard InChI is InChI=1S/C8H7FO5/c9-4-2-1-3(5(10)7(4)12)6(11)8(13)14/h1-2,6,10-12H,(H,13,14)/t6-/m1/s1. The van der Waals surface area contributed by atoms with Crippen LogP contribution in [-0.2, 0) is 4.79 Å². The lowest BCUT2D eigenvalue weighted by molar-refractivity contribution is -0.147. The molecule has 0 unspecified atom stereocenters. The number of phenols is 2. The van der Waals surface area contributed by atoms with E-state index < -0.39 is 35.0 Å². The van der Waals surface area contributed by atoms with Crippen molar-refractivity contribution in [1.29, 1.82) is 0 Å². The summed E-state index contributed by atoms with van der Waals surface area (Å²) in [4.78, 5) is 10.3. The van der Waals surface area contributed by atoms with Gasteiger partial charge in [0, 0.05) is 5.56 Å². The summed E-state index contributed by atoms with van der Waals surface area (Å²) in [5.74, 6) is -4.75. The van der Waals surface area contributed by atoms with Gasteiger partial charge in [0.15, 0.2) is 23.4 Å². The molecule has 5 nitrogen and oxygen atoms in total. The van der Waals surface area contributed by atoms with Crippen molar-refractivity contribution in [2.75, 3.05) is 0 Å². The number of aliphatic hydroxyl groups excluding tert-OH is 1. The Morgan fingerprint density at radius 2 is 1.86 bits per heavy atom. The van der Waals surface area contributed by atoms with Crippen LogP contribution in [0.15, 0.2) is 12.1 Å². The first-order chi connectivity index (χ1) is 6.45. The molecule has 0 spiro atoms. The van der Waals surface area contributed by atoms with Crippen molar-refractivity contribution in [2.24, 2.45) is 0 Å². The number of aliphatic carboxylic acids is 1. The molecule has 0 amide bonds. The number of aromatic hydroxyl groups is 2. The fourth-order valence-corrected chi connectivity index (χ4v) is 0.924. The summed E-state index contributed by atoms with van der Waals surface area (Å²) in [7, 11) is 0. The molecule has 4 N–H and O–H groups in total. The Morgan fingerprint density at radius 1 is 1.29 bits per heavy atom. The summed E-state index contributed by atoms with van der Waals surface area (Å²) in [5.41, 5.74) is -0.462. The number of carboxylic acids is 1. The minimum absolute atomic E-state index is 0.462. The van der Waals surface area contributed by atoms with Gasteiger partial charge >= 0.3 is 5.97 Å². The van der Waals surface area contributed by atoms with Crippen LogP contribution in [0.25, 0.3) is 0 Å². The predicted octanol–water partition coefficient (Wildman–Crippen LogP) is 0.355. The zero-order valence-electron chi connectivity index (χ0n) is 6.81. The average molecular weight is 202 g/mol. The Morgan fingerprint density at radius 3 is 2.36 bits per heavy atom. The van der Waals surface area contributed by atoms with Crippen molar-refractivity contribution in [3.05, 3.63) is 23.5 Å². The first kappa shape index (κ1) is 10.3. The molecule has 1 aromatic carbocycles. The van der Waals surface area contributed by atoms with Crippen molar-refractivity contribution < 1.29 is 29.6 Å². The molecule has 1 rings (SSSR count). The minimum Gasteiger partial charge on any atom is -0.504 e. The van der Waals surface area contributed by atoms with E-state index in [-0.39, 0.29) is 0 Å². The fraction of sp³-hybridized carbons (Fsp3) is 0.125. The molecule has 14 heavy (non-hydrogen) atoms. The number of hydrogen-bond donors (Lipinski definition) is 4. The van der Waals surface area contributed by atoms with Gasteiger partial charge in [-0.1, -0.05) is 0 Å². The van der Waals surface area contributed by atoms with Gasteiger partial charge in [-0.15, -0.1) is 0 Å². The van der Waals surface area contributed by atoms with Crippen LogP contribution in [-0.4, -0.2) is 26.4 Å². The molecule has 0 aliphatic heterocycles. The Labute approximate surface area is 77.7 Å². The second-order valence-corrected chi connectivity index (χ2v) is 2.57. The van der Waals surface area contributed by atoms with E-state index in [1.165, 1.54) is 0 Å². The van der Waals surface area contributed by atoms with Gasteiger partial charge in [0.2, 0.25) is 0 Å². The highest BCUT2D eigenvalue weighted by Gasteiger charge is 2.22. The lowest BCUT2D eigenvalue weighted by Crippen LogP contribution is -2.10. The number of phenolic OH excluding ortho intramolecular Hbond substituents is 2. The van der Waals surface area contributed by atoms with E-state index in [0.29, 0.717) is 0 Å². The van der Waals surface area contributed by atoms with Gasteiger partial charge in [-0.2, -0.15) is 0 Å². The third-order valence-electron chi connectivity index (χ3n) is 1.66. The highest BCUT2D eigenvalue weighted by Crippen LogP contribution is 2.34. The van der Waals surface area contributed by atoms with Gasteiger partial charge in [-0.05, 0) is 12.1 Å². The van der Waals surface area contributed by atoms with Crippen LogP contribution in [0.4, 0.5) is 4.39 Å². The Kier molecular flexibility index (Phi) is 2.57. The average Bonchev–Trinajstić information content (AvgIpc) is 2.13. The van der Waals surface area contributed by atoms with Crippen LogP contribution >= 0.6 is 0 Å². The van der Waals surface area contributed by atoms with Crippen LogP contribution < -0.4 is 0 Å². The van der Waals surface area contributed by atoms with Gasteiger partial charge < -0.3 is 20.4 Å². The molecule has 0 saturated heterocycles. The zero-order chi connectivity index (χ0) is 10.9. The van der Waals surface area contributed by atoms with Gasteiger partial charge in [-0.25, -0.2) is 9.18 Å². The van der Waals surface area contributed by atoms with E-state index in [0.717, 1.165) is 12.1 Å². The molecule has 0 aromatic heterocycles. The number of halogens is 1. The lowest BCUT2D eigenvalue weighted by Gasteiger charge is -2.09. The van der Waals surface area contributed by atoms with Gasteiger partial charge in [0.1, 0.15) is 0 Å². The largest absolute Gasteiger partial charge is 0.504 e. The van der Waals surface area contributed by atoms with E-state index in [1.54, 1.807) is 0 Å². The smallest absolute Gasteiger partial charge is 0.337 e. The molecule has 0 heterocycles. The van der Waals surface area contributed by atoms with Crippen LogP contribution in [0.2, 0.25) is 0 Å². The second kappa shape index (κ2) is 3.51. The molecule has 1 atom stereocenters. The molecule has 0 saturated carbocycles. The summed E-state index contributed by atoms with van der Waals surface area (Å²) in [6, 6.07) is 1.62. The van der Waals surface area contributed by atoms with E-state index in [1.807, 2.05) is 0 Å². The van der Waals surface area contributed by atoms with Crippen molar-refractivity contribution in [3.8, 4) is 11.5 Å². The van der Waals surface area contributed by atoms with Crippen LogP contribution in [0, 0.1) is 5.82 Å². The third kappa shape index (κ3) is 1.60. The van der Waals surface area contributed by atoms with Crippen molar-refractivity contribution in [3.63, 3.8) is 0 Å². The van der Waals surface area contributed by atoms with Gasteiger partial charge in [0.25, 0.3) is 0 Å². The normalized spacial score (nSPS) is 12.4. The predicted molar refractivity (Wildman–Crippen MR) is 42.3 cm³/mol. The van der Waals surface area contributed by atoms with Crippen LogP contribution in [0.5, 0.6) is 11.5 Å². The van der Waals surface area contributed by atoms with Gasteiger partial charge in [0.05, 0.1) is 0 Å². The maximum atomic E-state index is 12.6. The number of hydrogen-bond acceptors (Lipinski definition) is 4. The molecule has 1 aromatic rings. The Hall–Kier alpha value is -1.82. The minimum atomic E-state index is -2.00. The second-order valence-electron chi connectivity index (χ2n) is 2.57. The molecule has 6 heteroatoms. The Bertz CT molecular complexity index is 376. The number of benzene rings is 1. The van der Waals surface area contributed by atoms with E-state index in [2.05, 4.69) is 0 Å². The van der Waals surface area contributed by atoms with E-state index >= 15 is 0 Å². The topological polar surface area (TPSA) is 98.0 Å². The van der Waals surface area contributed by atoms with Crippen molar-refractivity contribution in [2.45, 2.75) is 6.10 Å². The van der Waals surface area contributed by atoms with Crippen LogP contribution in [0.1, 0.15) is 11.7 Å². The highest BCUT2D eigenvalue weighted by atomic mass is 19.1. The van der Waals surface area contributed by atoms with Crippen LogP contribution in [0.3, 0.4) is 0 Å². The molecule has 0 bridgehead atoms. The maximum Gasteiger partial charge on any atom is 0.337 e. The number of aliphatic hydroxyl groups is 1. The monoisotopic (exact) mass is 202 g/mol. The summed E-state index contributed by atoms with van der Waals surface area (Å²) >= 11 is 0. The quantitative estimate of drug-likeness (QED) is 0.519. The summed E-state index contributed by atoms with van der Waals surface area (Å²) < 4.78 is 12.6. The first-order valence-electron chi connectivity index (χ1n) is 3.56. The number of carbonyl (C=O) groups is 1. The molecule has 76 valence electrons. The number of rotatable bonds is 2. The molecule has 0 aliphatic rings. The van der Waals surface area contributed by atoms with Crippen molar-refractivity contribution >= 4 is 5.97 Å². The molecular formula is C8H7FO5. The lowest BCUT2D eigenvalue weighted by atomic mass is 10.1. The Balaban J connectivity index is 3.24. The molecule has 0 aliphatic carbocycles. The van der Waals surface area contributed by atoms with Crippen molar-refractivity contribution in [1.82, 2.24) is 0 Å². The SMILES string of the molecule is O=C(O)[C@H](O)c1ccc(F)c(O)c1O. The molecular weight excluding hydrogens is 195 g/mol. The summed E-state index contributed by atoms with van der Waals surface area (Å²) in [5, 5.41) is 35.4. The fourth-order valence-electron chi connectivity index (χ4n) is 0.924. The van der Waals surface area contributed by atoms with E-state index in [9.17, 15) is 9.18 Å². The number of carboxylic acid groups (broad SMARTS) is 1. The molecule has 0 radical (unpaired) electrons. The zero-order valence-corrected chi connectivity index (χ0v) is 6.81. The summed E-state index contributed by atoms with van der Waals surface area (Å²) in [6.45, 7) is 0. The maximum absolute atomic E-state index is 12.6. The van der Waals surface area contributed by atoms with E-state index in [4.69, 9.17) is 20.4 Å². The highest BCUT2D eigenvalue weighted by molar-refractivity contribution is 5.75. The summed E-state index contributed by atoms with van der Waals surface area (Å²) in [6.07, 6.45) is -2.00. The third-order valence-corrected chi connectivity index (χ3v) is 1.66.